The van der Waals surface area contributed by atoms with Crippen molar-refractivity contribution >= 4 is 21.6 Å². The van der Waals surface area contributed by atoms with Gasteiger partial charge in [0.1, 0.15) is 0 Å². The molecule has 6 nitrogen and oxygen atoms in total. The third-order valence-electron chi connectivity index (χ3n) is 6.42. The molecule has 1 aromatic carbocycles. The maximum Gasteiger partial charge on any atom is 0.241 e. The molecule has 1 amide bonds. The summed E-state index contributed by atoms with van der Waals surface area (Å²) in [6.07, 6.45) is 8.99. The lowest BCUT2D eigenvalue weighted by atomic mass is 9.82. The quantitative estimate of drug-likeness (QED) is 0.790. The van der Waals surface area contributed by atoms with Crippen LogP contribution in [0.15, 0.2) is 29.2 Å². The van der Waals surface area contributed by atoms with E-state index >= 15 is 0 Å². The predicted octanol–water partition coefficient (Wildman–Crippen LogP) is 2.89. The Labute approximate surface area is 168 Å². The Morgan fingerprint density at radius 2 is 1.57 bits per heavy atom. The van der Waals surface area contributed by atoms with E-state index in [0.717, 1.165) is 57.4 Å². The highest BCUT2D eigenvalue weighted by atomic mass is 32.2. The highest BCUT2D eigenvalue weighted by Crippen LogP contribution is 2.32. The van der Waals surface area contributed by atoms with E-state index in [1.807, 2.05) is 0 Å². The van der Waals surface area contributed by atoms with Crippen LogP contribution in [0, 0.1) is 0 Å². The summed E-state index contributed by atoms with van der Waals surface area (Å²) in [6.45, 7) is 3.67. The van der Waals surface area contributed by atoms with E-state index in [2.05, 4.69) is 9.62 Å². The predicted molar refractivity (Wildman–Crippen MR) is 110 cm³/mol. The number of anilines is 1. The van der Waals surface area contributed by atoms with Gasteiger partial charge in [-0.3, -0.25) is 4.79 Å². The number of benzene rings is 1. The molecule has 4 rings (SSSR count). The van der Waals surface area contributed by atoms with Crippen molar-refractivity contribution in [2.24, 2.45) is 0 Å². The van der Waals surface area contributed by atoms with Crippen molar-refractivity contribution in [2.45, 2.75) is 68.2 Å². The van der Waals surface area contributed by atoms with Crippen molar-refractivity contribution in [3.8, 4) is 0 Å². The minimum absolute atomic E-state index is 0.112. The molecule has 0 unspecified atom stereocenters. The Morgan fingerprint density at radius 1 is 0.893 bits per heavy atom. The normalized spacial score (nSPS) is 23.4. The third-order valence-corrected chi connectivity index (χ3v) is 8.01. The minimum Gasteiger partial charge on any atom is -0.312 e. The van der Waals surface area contributed by atoms with E-state index in [9.17, 15) is 13.2 Å². The Bertz CT molecular complexity index is 795. The highest BCUT2D eigenvalue weighted by molar-refractivity contribution is 7.89. The van der Waals surface area contributed by atoms with Crippen molar-refractivity contribution in [1.29, 1.82) is 0 Å². The van der Waals surface area contributed by atoms with E-state index in [1.54, 1.807) is 29.2 Å². The van der Waals surface area contributed by atoms with Crippen molar-refractivity contribution in [2.75, 3.05) is 31.1 Å². The van der Waals surface area contributed by atoms with Crippen molar-refractivity contribution in [3.63, 3.8) is 0 Å². The van der Waals surface area contributed by atoms with Crippen molar-refractivity contribution < 1.29 is 13.2 Å². The molecule has 1 aromatic rings. The van der Waals surface area contributed by atoms with E-state index < -0.39 is 10.0 Å². The Kier molecular flexibility index (Phi) is 5.76. The molecular weight excluding hydrogens is 374 g/mol. The second-order valence-corrected chi connectivity index (χ2v) is 10.3. The average molecular weight is 406 g/mol. The fraction of sp³-hybridized carbons (Fsp3) is 0.667. The molecule has 1 aliphatic carbocycles. The molecular formula is C21H31N3O3S. The van der Waals surface area contributed by atoms with Gasteiger partial charge >= 0.3 is 0 Å². The maximum atomic E-state index is 13.2. The number of nitrogens with zero attached hydrogens (tertiary/aromatic N) is 2. The number of nitrogens with one attached hydrogen (secondary N) is 1. The number of likely N-dealkylation sites (tertiary alicyclic amines) is 1. The number of hydrogen-bond acceptors (Lipinski definition) is 4. The minimum atomic E-state index is -3.59. The van der Waals surface area contributed by atoms with Gasteiger partial charge in [0.05, 0.1) is 4.90 Å². The van der Waals surface area contributed by atoms with Gasteiger partial charge in [-0.2, -0.15) is 0 Å². The van der Waals surface area contributed by atoms with Gasteiger partial charge in [-0.05, 0) is 69.5 Å². The zero-order valence-corrected chi connectivity index (χ0v) is 17.3. The smallest absolute Gasteiger partial charge is 0.241 e. The van der Waals surface area contributed by atoms with Crippen LogP contribution in [0.1, 0.15) is 57.8 Å². The molecule has 2 heterocycles. The molecule has 7 heteroatoms. The van der Waals surface area contributed by atoms with Crippen LogP contribution in [0.3, 0.4) is 0 Å². The molecule has 0 radical (unpaired) electrons. The number of rotatable bonds is 6. The fourth-order valence-electron chi connectivity index (χ4n) is 4.96. The number of sulfonamides is 1. The van der Waals surface area contributed by atoms with Crippen LogP contribution in [0.5, 0.6) is 0 Å². The van der Waals surface area contributed by atoms with E-state index in [1.165, 1.54) is 19.3 Å². The number of hydrogen-bond donors (Lipinski definition) is 1. The van der Waals surface area contributed by atoms with Gasteiger partial charge in [0.15, 0.2) is 0 Å². The topological polar surface area (TPSA) is 69.7 Å². The maximum absolute atomic E-state index is 13.2. The molecule has 0 aromatic heterocycles. The Morgan fingerprint density at radius 3 is 2.18 bits per heavy atom. The summed E-state index contributed by atoms with van der Waals surface area (Å²) in [7, 11) is -3.59. The summed E-state index contributed by atoms with van der Waals surface area (Å²) in [6, 6.07) is 6.78. The summed E-state index contributed by atoms with van der Waals surface area (Å²) >= 11 is 0. The second-order valence-electron chi connectivity index (χ2n) is 8.57. The second kappa shape index (κ2) is 8.13. The molecule has 154 valence electrons. The van der Waals surface area contributed by atoms with Gasteiger partial charge in [-0.1, -0.05) is 19.3 Å². The van der Waals surface area contributed by atoms with E-state index in [0.29, 0.717) is 13.0 Å². The summed E-state index contributed by atoms with van der Waals surface area (Å²) in [5, 5.41) is 0. The number of carbonyl (C=O) groups is 1. The molecule has 1 N–H and O–H groups in total. The molecule has 1 saturated carbocycles. The lowest BCUT2D eigenvalue weighted by Gasteiger charge is -2.40. The van der Waals surface area contributed by atoms with Crippen LogP contribution in [0.25, 0.3) is 0 Å². The van der Waals surface area contributed by atoms with Gasteiger partial charge in [-0.25, -0.2) is 13.1 Å². The van der Waals surface area contributed by atoms with Crippen molar-refractivity contribution in [3.05, 3.63) is 24.3 Å². The summed E-state index contributed by atoms with van der Waals surface area (Å²) in [4.78, 5) is 16.4. The Balaban J connectivity index is 1.51. The molecule has 0 atom stereocenters. The molecule has 3 fully saturated rings. The van der Waals surface area contributed by atoms with Gasteiger partial charge in [0, 0.05) is 30.7 Å². The lowest BCUT2D eigenvalue weighted by molar-refractivity contribution is -0.117. The molecule has 28 heavy (non-hydrogen) atoms. The van der Waals surface area contributed by atoms with E-state index in [4.69, 9.17) is 0 Å². The van der Waals surface area contributed by atoms with Gasteiger partial charge in [0.25, 0.3) is 0 Å². The molecule has 2 aliphatic heterocycles. The fourth-order valence-corrected chi connectivity index (χ4v) is 6.41. The van der Waals surface area contributed by atoms with Crippen molar-refractivity contribution in [1.82, 2.24) is 9.62 Å². The van der Waals surface area contributed by atoms with Gasteiger partial charge < -0.3 is 9.80 Å². The molecule has 0 spiro atoms. The van der Waals surface area contributed by atoms with Crippen LogP contribution in [-0.2, 0) is 14.8 Å². The van der Waals surface area contributed by atoms with Crippen LogP contribution in [0.4, 0.5) is 5.69 Å². The van der Waals surface area contributed by atoms with Gasteiger partial charge in [0.2, 0.25) is 15.9 Å². The molecule has 2 saturated heterocycles. The first-order chi connectivity index (χ1) is 13.5. The van der Waals surface area contributed by atoms with E-state index in [-0.39, 0.29) is 16.3 Å². The SMILES string of the molecule is O=C1CCCN1c1ccc(S(=O)(=O)NC2(CN3CCCC3)CCCCC2)cc1. The standard InChI is InChI=1S/C21H31N3O3S/c25-20-7-6-16-24(20)18-8-10-19(11-9-18)28(26,27)22-21(12-2-1-3-13-21)17-23-14-4-5-15-23/h8-11,22H,1-7,12-17H2. The highest BCUT2D eigenvalue weighted by Gasteiger charge is 2.38. The zero-order valence-electron chi connectivity index (χ0n) is 16.5. The first-order valence-electron chi connectivity index (χ1n) is 10.6. The Hall–Kier alpha value is -1.44. The first kappa shape index (κ1) is 19.9. The summed E-state index contributed by atoms with van der Waals surface area (Å²) in [5.41, 5.74) is 0.427. The van der Waals surface area contributed by atoms with Crippen LogP contribution < -0.4 is 9.62 Å². The summed E-state index contributed by atoms with van der Waals surface area (Å²) < 4.78 is 29.4. The number of carbonyl (C=O) groups excluding carboxylic acids is 1. The first-order valence-corrected chi connectivity index (χ1v) is 12.1. The summed E-state index contributed by atoms with van der Waals surface area (Å²) in [5.74, 6) is 0.112. The van der Waals surface area contributed by atoms with Crippen LogP contribution in [0.2, 0.25) is 0 Å². The molecule has 3 aliphatic rings. The number of amides is 1. The average Bonchev–Trinajstić information content (AvgIpc) is 3.33. The van der Waals surface area contributed by atoms with Crippen LogP contribution >= 0.6 is 0 Å². The zero-order chi connectivity index (χ0) is 19.6. The lowest BCUT2D eigenvalue weighted by Crippen LogP contribution is -2.56. The van der Waals surface area contributed by atoms with Crippen LogP contribution in [-0.4, -0.2) is 50.9 Å². The van der Waals surface area contributed by atoms with Gasteiger partial charge in [-0.15, -0.1) is 0 Å². The largest absolute Gasteiger partial charge is 0.312 e. The third kappa shape index (κ3) is 4.26. The monoisotopic (exact) mass is 405 g/mol. The molecule has 0 bridgehead atoms.